The summed E-state index contributed by atoms with van der Waals surface area (Å²) in [5.74, 6) is -2.52. The number of nitrogens with two attached hydrogens (primary N) is 1. The second-order valence-corrected chi connectivity index (χ2v) is 5.06. The minimum absolute atomic E-state index is 0.0763. The zero-order chi connectivity index (χ0) is 16.6. The van der Waals surface area contributed by atoms with E-state index in [2.05, 4.69) is 10.1 Å². The van der Waals surface area contributed by atoms with E-state index >= 15 is 0 Å². The van der Waals surface area contributed by atoms with E-state index in [0.717, 1.165) is 16.6 Å². The molecule has 8 heteroatoms. The van der Waals surface area contributed by atoms with Gasteiger partial charge in [0.2, 0.25) is 0 Å². The molecule has 0 spiro atoms. The van der Waals surface area contributed by atoms with Crippen molar-refractivity contribution in [3.8, 4) is 0 Å². The number of H-pyrrole nitrogens is 1. The van der Waals surface area contributed by atoms with Crippen LogP contribution in [0.4, 0.5) is 8.78 Å². The minimum Gasteiger partial charge on any atom is -0.364 e. The molecule has 6 nitrogen and oxygen atoms in total. The van der Waals surface area contributed by atoms with E-state index in [9.17, 15) is 18.4 Å². The lowest BCUT2D eigenvalue weighted by molar-refractivity contribution is 0.0995. The summed E-state index contributed by atoms with van der Waals surface area (Å²) < 4.78 is 27.2. The summed E-state index contributed by atoms with van der Waals surface area (Å²) in [5, 5.41) is 2.55. The van der Waals surface area contributed by atoms with Gasteiger partial charge in [0.05, 0.1) is 0 Å². The molecule has 0 unspecified atom stereocenters. The summed E-state index contributed by atoms with van der Waals surface area (Å²) in [5.41, 5.74) is 6.18. The second kappa shape index (κ2) is 5.64. The van der Waals surface area contributed by atoms with Crippen molar-refractivity contribution in [3.05, 3.63) is 69.3 Å². The van der Waals surface area contributed by atoms with Gasteiger partial charge in [-0.05, 0) is 30.5 Å². The van der Waals surface area contributed by atoms with Crippen LogP contribution in [0.15, 0.2) is 35.1 Å². The van der Waals surface area contributed by atoms with E-state index in [1.807, 2.05) is 0 Å². The third-order valence-electron chi connectivity index (χ3n) is 3.42. The molecule has 1 amide bonds. The van der Waals surface area contributed by atoms with Gasteiger partial charge in [-0.2, -0.15) is 0 Å². The molecule has 0 fully saturated rings. The zero-order valence-corrected chi connectivity index (χ0v) is 11.8. The summed E-state index contributed by atoms with van der Waals surface area (Å²) in [6, 6.07) is 6.34. The maximum Gasteiger partial charge on any atom is 0.272 e. The summed E-state index contributed by atoms with van der Waals surface area (Å²) >= 11 is 0. The van der Waals surface area contributed by atoms with E-state index in [1.54, 1.807) is 0 Å². The summed E-state index contributed by atoms with van der Waals surface area (Å²) in [7, 11) is 0. The number of carbonyl (C=O) groups is 1. The lowest BCUT2D eigenvalue weighted by Crippen LogP contribution is -2.17. The predicted octanol–water partition coefficient (Wildman–Crippen LogP) is 1.18. The van der Waals surface area contributed by atoms with E-state index in [1.165, 1.54) is 18.2 Å². The van der Waals surface area contributed by atoms with Gasteiger partial charge in [0.25, 0.3) is 11.5 Å². The number of nitrogens with one attached hydrogen (secondary N) is 1. The SMILES string of the molecule is NC(=O)c1cc2nc(CCc3ccc(F)c(F)c3)cc(=O)n2[nH]1. The smallest absolute Gasteiger partial charge is 0.272 e. The van der Waals surface area contributed by atoms with Crippen molar-refractivity contribution < 1.29 is 13.6 Å². The van der Waals surface area contributed by atoms with Crippen LogP contribution in [0.1, 0.15) is 21.7 Å². The van der Waals surface area contributed by atoms with Gasteiger partial charge in [0.1, 0.15) is 5.69 Å². The number of aryl methyl sites for hydroxylation is 2. The molecule has 3 N–H and O–H groups in total. The highest BCUT2D eigenvalue weighted by atomic mass is 19.2. The van der Waals surface area contributed by atoms with Crippen LogP contribution in [-0.2, 0) is 12.8 Å². The van der Waals surface area contributed by atoms with Crippen molar-refractivity contribution >= 4 is 11.6 Å². The van der Waals surface area contributed by atoms with Crippen LogP contribution >= 0.6 is 0 Å². The fourth-order valence-corrected chi connectivity index (χ4v) is 2.26. The lowest BCUT2D eigenvalue weighted by Gasteiger charge is -2.03. The number of aromatic amines is 1. The molecule has 118 valence electrons. The number of fused-ring (bicyclic) bond motifs is 1. The van der Waals surface area contributed by atoms with Gasteiger partial charge in [-0.1, -0.05) is 6.07 Å². The van der Waals surface area contributed by atoms with Gasteiger partial charge in [0.15, 0.2) is 17.3 Å². The van der Waals surface area contributed by atoms with Gasteiger partial charge in [-0.15, -0.1) is 0 Å². The molecule has 23 heavy (non-hydrogen) atoms. The van der Waals surface area contributed by atoms with Crippen molar-refractivity contribution in [1.29, 1.82) is 0 Å². The van der Waals surface area contributed by atoms with E-state index in [-0.39, 0.29) is 16.9 Å². The van der Waals surface area contributed by atoms with Gasteiger partial charge < -0.3 is 5.73 Å². The molecule has 0 saturated heterocycles. The Morgan fingerprint density at radius 1 is 1.17 bits per heavy atom. The van der Waals surface area contributed by atoms with Crippen LogP contribution in [0.25, 0.3) is 5.65 Å². The van der Waals surface area contributed by atoms with Crippen LogP contribution in [0.2, 0.25) is 0 Å². The maximum atomic E-state index is 13.2. The van der Waals surface area contributed by atoms with Crippen LogP contribution in [0.3, 0.4) is 0 Å². The fourth-order valence-electron chi connectivity index (χ4n) is 2.26. The van der Waals surface area contributed by atoms with E-state index in [4.69, 9.17) is 5.73 Å². The van der Waals surface area contributed by atoms with Gasteiger partial charge in [-0.3, -0.25) is 14.7 Å². The first-order chi connectivity index (χ1) is 10.9. The van der Waals surface area contributed by atoms with Crippen molar-refractivity contribution in [2.45, 2.75) is 12.8 Å². The zero-order valence-electron chi connectivity index (χ0n) is 11.8. The molecular weight excluding hydrogens is 306 g/mol. The normalized spacial score (nSPS) is 11.0. The molecule has 1 aromatic carbocycles. The Morgan fingerprint density at radius 2 is 1.96 bits per heavy atom. The standard InChI is InChI=1S/C15H12F2N4O2/c16-10-4-2-8(5-11(10)17)1-3-9-6-14(22)21-13(19-9)7-12(20-21)15(18)23/h2,4-7,20H,1,3H2,(H2,18,23). The number of hydrogen-bond donors (Lipinski definition) is 2. The molecule has 3 aromatic rings. The van der Waals surface area contributed by atoms with Crippen molar-refractivity contribution in [1.82, 2.24) is 14.6 Å². The highest BCUT2D eigenvalue weighted by molar-refractivity contribution is 5.91. The first kappa shape index (κ1) is 14.9. The quantitative estimate of drug-likeness (QED) is 0.756. The number of halogens is 2. The van der Waals surface area contributed by atoms with Gasteiger partial charge >= 0.3 is 0 Å². The van der Waals surface area contributed by atoms with Crippen LogP contribution in [0.5, 0.6) is 0 Å². The molecule has 2 heterocycles. The highest BCUT2D eigenvalue weighted by Gasteiger charge is 2.10. The Labute approximate surface area is 128 Å². The average Bonchev–Trinajstić information content (AvgIpc) is 2.93. The molecule has 0 aliphatic rings. The van der Waals surface area contributed by atoms with E-state index in [0.29, 0.717) is 24.1 Å². The molecule has 2 aromatic heterocycles. The number of rotatable bonds is 4. The molecular formula is C15H12F2N4O2. The molecule has 0 aliphatic heterocycles. The van der Waals surface area contributed by atoms with Crippen LogP contribution in [-0.4, -0.2) is 20.5 Å². The molecule has 3 rings (SSSR count). The second-order valence-electron chi connectivity index (χ2n) is 5.06. The number of nitrogens with zero attached hydrogens (tertiary/aromatic N) is 2. The van der Waals surface area contributed by atoms with Gasteiger partial charge in [-0.25, -0.2) is 18.3 Å². The number of hydrogen-bond acceptors (Lipinski definition) is 3. The number of aromatic nitrogens is 3. The Hall–Kier alpha value is -3.03. The fraction of sp³-hybridized carbons (Fsp3) is 0.133. The average molecular weight is 318 g/mol. The first-order valence-electron chi connectivity index (χ1n) is 6.79. The maximum absolute atomic E-state index is 13.2. The third-order valence-corrected chi connectivity index (χ3v) is 3.42. The lowest BCUT2D eigenvalue weighted by atomic mass is 10.1. The molecule has 0 bridgehead atoms. The predicted molar refractivity (Wildman–Crippen MR) is 78.1 cm³/mol. The first-order valence-corrected chi connectivity index (χ1v) is 6.79. The Bertz CT molecular complexity index is 962. The van der Waals surface area contributed by atoms with Crippen LogP contribution < -0.4 is 11.3 Å². The minimum atomic E-state index is -0.914. The molecule has 0 saturated carbocycles. The largest absolute Gasteiger partial charge is 0.364 e. The number of primary amides is 1. The number of amides is 1. The summed E-state index contributed by atoms with van der Waals surface area (Å²) in [4.78, 5) is 27.3. The molecule has 0 radical (unpaired) electrons. The molecule has 0 aliphatic carbocycles. The number of carbonyl (C=O) groups excluding carboxylic acids is 1. The van der Waals surface area contributed by atoms with Crippen molar-refractivity contribution in [2.24, 2.45) is 5.73 Å². The van der Waals surface area contributed by atoms with Crippen LogP contribution in [0, 0.1) is 11.6 Å². The Morgan fingerprint density at radius 3 is 2.65 bits per heavy atom. The third kappa shape index (κ3) is 2.96. The van der Waals surface area contributed by atoms with Crippen molar-refractivity contribution in [3.63, 3.8) is 0 Å². The van der Waals surface area contributed by atoms with Crippen molar-refractivity contribution in [2.75, 3.05) is 0 Å². The van der Waals surface area contributed by atoms with E-state index < -0.39 is 17.5 Å². The van der Waals surface area contributed by atoms with Gasteiger partial charge in [0, 0.05) is 17.8 Å². The monoisotopic (exact) mass is 318 g/mol. The summed E-state index contributed by atoms with van der Waals surface area (Å²) in [6.45, 7) is 0. The highest BCUT2D eigenvalue weighted by Crippen LogP contribution is 2.11. The molecule has 0 atom stereocenters. The Kier molecular flexibility index (Phi) is 3.65. The topological polar surface area (TPSA) is 93.2 Å². The summed E-state index contributed by atoms with van der Waals surface area (Å²) in [6.07, 6.45) is 0.765. The Balaban J connectivity index is 1.86. The number of benzene rings is 1.